The van der Waals surface area contributed by atoms with Crippen LogP contribution in [0.4, 0.5) is 0 Å². The molecule has 0 saturated heterocycles. The Labute approximate surface area is 108 Å². The summed E-state index contributed by atoms with van der Waals surface area (Å²) in [5.74, 6) is 1.46. The van der Waals surface area contributed by atoms with Gasteiger partial charge in [0.1, 0.15) is 12.4 Å². The monoisotopic (exact) mass is 248 g/mol. The first kappa shape index (κ1) is 13.1. The summed E-state index contributed by atoms with van der Waals surface area (Å²) >= 11 is 0. The number of benzene rings is 1. The van der Waals surface area contributed by atoms with Gasteiger partial charge in [0.25, 0.3) is 0 Å². The second kappa shape index (κ2) is 6.01. The number of carbonyl (C=O) groups excluding carboxylic acids is 1. The Hall–Kier alpha value is -1.35. The Morgan fingerprint density at radius 1 is 1.39 bits per heavy atom. The fourth-order valence-corrected chi connectivity index (χ4v) is 1.93. The van der Waals surface area contributed by atoms with Gasteiger partial charge in [-0.2, -0.15) is 0 Å². The topological polar surface area (TPSA) is 35.5 Å². The van der Waals surface area contributed by atoms with Gasteiger partial charge in [0.05, 0.1) is 12.7 Å². The lowest BCUT2D eigenvalue weighted by Crippen LogP contribution is -2.11. The maximum Gasteiger partial charge on any atom is 0.192 e. The maximum atomic E-state index is 12.0. The number of ether oxygens (including phenoxy) is 2. The second-order valence-electron chi connectivity index (χ2n) is 4.91. The third-order valence-corrected chi connectivity index (χ3v) is 3.26. The molecule has 3 heteroatoms. The van der Waals surface area contributed by atoms with Gasteiger partial charge in [0.2, 0.25) is 0 Å². The highest BCUT2D eigenvalue weighted by Crippen LogP contribution is 2.32. The summed E-state index contributed by atoms with van der Waals surface area (Å²) in [6.07, 6.45) is 3.73. The number of hydrogen-bond donors (Lipinski definition) is 0. The lowest BCUT2D eigenvalue weighted by molar-refractivity contribution is 0.0746. The Morgan fingerprint density at radius 2 is 2.17 bits per heavy atom. The summed E-state index contributed by atoms with van der Waals surface area (Å²) in [5.41, 5.74) is 1.69. The molecule has 0 radical (unpaired) electrons. The van der Waals surface area contributed by atoms with Gasteiger partial charge in [-0.3, -0.25) is 4.79 Å². The summed E-state index contributed by atoms with van der Waals surface area (Å²) in [6.45, 7) is 2.81. The van der Waals surface area contributed by atoms with Crippen molar-refractivity contribution in [2.75, 3.05) is 20.3 Å². The van der Waals surface area contributed by atoms with Gasteiger partial charge in [0, 0.05) is 6.61 Å². The van der Waals surface area contributed by atoms with E-state index in [0.29, 0.717) is 17.9 Å². The molecule has 0 unspecified atom stereocenters. The molecular weight excluding hydrogens is 228 g/mol. The molecule has 1 fully saturated rings. The van der Waals surface area contributed by atoms with Crippen molar-refractivity contribution in [3.8, 4) is 5.75 Å². The SMILES string of the molecule is COc1cc(C)ccc1C(=O)COCCC1CC1. The Bertz CT molecular complexity index is 422. The van der Waals surface area contributed by atoms with Crippen molar-refractivity contribution >= 4 is 5.78 Å². The van der Waals surface area contributed by atoms with Crippen molar-refractivity contribution in [3.05, 3.63) is 29.3 Å². The molecule has 1 aliphatic carbocycles. The largest absolute Gasteiger partial charge is 0.496 e. The lowest BCUT2D eigenvalue weighted by atomic mass is 10.1. The minimum absolute atomic E-state index is 0.0114. The Balaban J connectivity index is 1.86. The summed E-state index contributed by atoms with van der Waals surface area (Å²) in [6, 6.07) is 5.60. The van der Waals surface area contributed by atoms with Crippen molar-refractivity contribution in [2.24, 2.45) is 5.92 Å². The molecule has 0 spiro atoms. The van der Waals surface area contributed by atoms with Gasteiger partial charge in [-0.15, -0.1) is 0 Å². The molecule has 0 aliphatic heterocycles. The predicted molar refractivity (Wildman–Crippen MR) is 70.2 cm³/mol. The van der Waals surface area contributed by atoms with Crippen LogP contribution in [0.1, 0.15) is 35.2 Å². The van der Waals surface area contributed by atoms with Crippen LogP contribution >= 0.6 is 0 Å². The van der Waals surface area contributed by atoms with Crippen molar-refractivity contribution in [2.45, 2.75) is 26.2 Å². The predicted octanol–water partition coefficient (Wildman–Crippen LogP) is 3.00. The average molecular weight is 248 g/mol. The van der Waals surface area contributed by atoms with Gasteiger partial charge in [-0.05, 0) is 37.0 Å². The van der Waals surface area contributed by atoms with Gasteiger partial charge < -0.3 is 9.47 Å². The molecule has 2 rings (SSSR count). The molecule has 1 saturated carbocycles. The van der Waals surface area contributed by atoms with Crippen LogP contribution in [0.25, 0.3) is 0 Å². The fraction of sp³-hybridized carbons (Fsp3) is 0.533. The second-order valence-corrected chi connectivity index (χ2v) is 4.91. The molecule has 3 nitrogen and oxygen atoms in total. The van der Waals surface area contributed by atoms with Crippen LogP contribution in [-0.4, -0.2) is 26.1 Å². The number of methoxy groups -OCH3 is 1. The maximum absolute atomic E-state index is 12.0. The first-order valence-corrected chi connectivity index (χ1v) is 6.46. The van der Waals surface area contributed by atoms with Crippen LogP contribution in [0, 0.1) is 12.8 Å². The first-order valence-electron chi connectivity index (χ1n) is 6.46. The van der Waals surface area contributed by atoms with Gasteiger partial charge >= 0.3 is 0 Å². The number of ketones is 1. The van der Waals surface area contributed by atoms with Crippen molar-refractivity contribution in [1.29, 1.82) is 0 Å². The smallest absolute Gasteiger partial charge is 0.192 e. The van der Waals surface area contributed by atoms with E-state index in [2.05, 4.69) is 0 Å². The molecule has 1 aliphatic rings. The number of Topliss-reactive ketones (excluding diaryl/α,β-unsaturated/α-hetero) is 1. The van der Waals surface area contributed by atoms with Gasteiger partial charge in [0.15, 0.2) is 5.78 Å². The summed E-state index contributed by atoms with van der Waals surface area (Å²) in [7, 11) is 1.58. The van der Waals surface area contributed by atoms with Crippen LogP contribution < -0.4 is 4.74 Å². The molecule has 98 valence electrons. The first-order chi connectivity index (χ1) is 8.70. The number of carbonyl (C=O) groups is 1. The van der Waals surface area contributed by atoms with Crippen LogP contribution in [0.2, 0.25) is 0 Å². The molecule has 0 atom stereocenters. The lowest BCUT2D eigenvalue weighted by Gasteiger charge is -2.09. The number of aryl methyl sites for hydroxylation is 1. The molecule has 1 aromatic carbocycles. The van der Waals surface area contributed by atoms with E-state index in [9.17, 15) is 4.79 Å². The highest BCUT2D eigenvalue weighted by atomic mass is 16.5. The average Bonchev–Trinajstić information content (AvgIpc) is 3.18. The van der Waals surface area contributed by atoms with Crippen molar-refractivity contribution in [3.63, 3.8) is 0 Å². The summed E-state index contributed by atoms with van der Waals surface area (Å²) < 4.78 is 10.7. The molecule has 18 heavy (non-hydrogen) atoms. The normalized spacial score (nSPS) is 14.6. The number of rotatable bonds is 7. The van der Waals surface area contributed by atoms with E-state index < -0.39 is 0 Å². The van der Waals surface area contributed by atoms with E-state index in [1.165, 1.54) is 12.8 Å². The minimum Gasteiger partial charge on any atom is -0.496 e. The Kier molecular flexibility index (Phi) is 4.37. The summed E-state index contributed by atoms with van der Waals surface area (Å²) in [5, 5.41) is 0. The minimum atomic E-state index is -0.0114. The molecule has 0 N–H and O–H groups in total. The molecule has 0 aromatic heterocycles. The third-order valence-electron chi connectivity index (χ3n) is 3.26. The van der Waals surface area contributed by atoms with Crippen molar-refractivity contribution < 1.29 is 14.3 Å². The highest BCUT2D eigenvalue weighted by Gasteiger charge is 2.20. The van der Waals surface area contributed by atoms with E-state index in [4.69, 9.17) is 9.47 Å². The standard InChI is InChI=1S/C15H20O3/c1-11-3-6-13(15(9-11)17-2)14(16)10-18-8-7-12-4-5-12/h3,6,9,12H,4-5,7-8,10H2,1-2H3. The van der Waals surface area contributed by atoms with Crippen LogP contribution in [-0.2, 0) is 4.74 Å². The van der Waals surface area contributed by atoms with Crippen LogP contribution in [0.15, 0.2) is 18.2 Å². The van der Waals surface area contributed by atoms with Crippen molar-refractivity contribution in [1.82, 2.24) is 0 Å². The zero-order chi connectivity index (χ0) is 13.0. The number of hydrogen-bond acceptors (Lipinski definition) is 3. The van der Waals surface area contributed by atoms with Crippen LogP contribution in [0.5, 0.6) is 5.75 Å². The third kappa shape index (κ3) is 3.57. The van der Waals surface area contributed by atoms with Gasteiger partial charge in [-0.1, -0.05) is 18.9 Å². The molecule has 0 bridgehead atoms. The van der Waals surface area contributed by atoms with E-state index in [1.54, 1.807) is 13.2 Å². The molecule has 0 amide bonds. The molecule has 0 heterocycles. The Morgan fingerprint density at radius 3 is 2.83 bits per heavy atom. The quantitative estimate of drug-likeness (QED) is 0.549. The van der Waals surface area contributed by atoms with Gasteiger partial charge in [-0.25, -0.2) is 0 Å². The fourth-order valence-electron chi connectivity index (χ4n) is 1.93. The molecule has 1 aromatic rings. The molecular formula is C15H20O3. The zero-order valence-corrected chi connectivity index (χ0v) is 11.1. The van der Waals surface area contributed by atoms with E-state index in [-0.39, 0.29) is 12.4 Å². The van der Waals surface area contributed by atoms with E-state index in [0.717, 1.165) is 17.9 Å². The van der Waals surface area contributed by atoms with Crippen LogP contribution in [0.3, 0.4) is 0 Å². The van der Waals surface area contributed by atoms with E-state index >= 15 is 0 Å². The summed E-state index contributed by atoms with van der Waals surface area (Å²) in [4.78, 5) is 12.0. The zero-order valence-electron chi connectivity index (χ0n) is 11.1. The van der Waals surface area contributed by atoms with E-state index in [1.807, 2.05) is 19.1 Å². The highest BCUT2D eigenvalue weighted by molar-refractivity contribution is 5.99.